The first-order chi connectivity index (χ1) is 22.0. The number of anilines is 2. The van der Waals surface area contributed by atoms with Crippen LogP contribution in [0, 0.1) is 5.41 Å². The summed E-state index contributed by atoms with van der Waals surface area (Å²) in [5.41, 5.74) is 4.00. The van der Waals surface area contributed by atoms with Gasteiger partial charge in [-0.1, -0.05) is 17.4 Å². The molecule has 242 valence electrons. The Morgan fingerprint density at radius 1 is 0.978 bits per heavy atom. The normalized spacial score (nSPS) is 18.0. The number of carboxylic acid groups (broad SMARTS) is 1. The molecule has 6 rings (SSSR count). The van der Waals surface area contributed by atoms with Crippen LogP contribution in [0.3, 0.4) is 0 Å². The van der Waals surface area contributed by atoms with E-state index in [4.69, 9.17) is 4.98 Å². The number of alkyl halides is 2. The number of carboxylic acids is 1. The highest BCUT2D eigenvalue weighted by Gasteiger charge is 2.37. The summed E-state index contributed by atoms with van der Waals surface area (Å²) in [4.78, 5) is 46.6. The van der Waals surface area contributed by atoms with Crippen molar-refractivity contribution in [2.75, 3.05) is 42.9 Å². The number of hydrogen-bond donors (Lipinski definition) is 3. The molecule has 3 aromatic heterocycles. The van der Waals surface area contributed by atoms with Crippen LogP contribution in [0.4, 0.5) is 24.7 Å². The molecule has 2 saturated heterocycles. The van der Waals surface area contributed by atoms with E-state index in [0.717, 1.165) is 27.0 Å². The molecule has 1 aromatic carbocycles. The number of hydrogen-bond acceptors (Lipinski definition) is 9. The highest BCUT2D eigenvalue weighted by molar-refractivity contribution is 7.22. The van der Waals surface area contributed by atoms with Crippen LogP contribution < -0.4 is 15.5 Å². The zero-order valence-electron chi connectivity index (χ0n) is 25.7. The van der Waals surface area contributed by atoms with Crippen molar-refractivity contribution in [3.05, 3.63) is 48.4 Å². The number of amides is 2. The predicted molar refractivity (Wildman–Crippen MR) is 173 cm³/mol. The van der Waals surface area contributed by atoms with E-state index in [1.807, 2.05) is 41.0 Å². The smallest absolute Gasteiger partial charge is 0.321 e. The van der Waals surface area contributed by atoms with Gasteiger partial charge in [0.05, 0.1) is 21.3 Å². The van der Waals surface area contributed by atoms with Gasteiger partial charge < -0.3 is 15.3 Å². The number of nitrogens with zero attached hydrogens (tertiary/aromatic N) is 6. The molecule has 0 saturated carbocycles. The fraction of sp³-hybridized carbons (Fsp3) is 0.438. The summed E-state index contributed by atoms with van der Waals surface area (Å²) in [6, 6.07) is 7.48. The molecule has 2 amide bonds. The van der Waals surface area contributed by atoms with Crippen molar-refractivity contribution < 1.29 is 23.5 Å². The Kier molecular flexibility index (Phi) is 8.84. The molecular formula is C32H36F2N8O3S. The number of likely N-dealkylation sites (tertiary alicyclic amines) is 1. The second kappa shape index (κ2) is 12.8. The van der Waals surface area contributed by atoms with Gasteiger partial charge in [-0.05, 0) is 56.0 Å². The molecule has 5 heterocycles. The number of aromatic nitrogens is 4. The maximum absolute atomic E-state index is 13.6. The number of rotatable bonds is 8. The molecule has 14 heteroatoms. The molecule has 2 aliphatic rings. The first-order valence-electron chi connectivity index (χ1n) is 15.4. The van der Waals surface area contributed by atoms with Gasteiger partial charge >= 0.3 is 12.0 Å². The summed E-state index contributed by atoms with van der Waals surface area (Å²) in [6.07, 6.45) is 6.05. The van der Waals surface area contributed by atoms with Crippen LogP contribution in [0.2, 0.25) is 0 Å². The third-order valence-corrected chi connectivity index (χ3v) is 9.80. The maximum Gasteiger partial charge on any atom is 0.321 e. The largest absolute Gasteiger partial charge is 0.481 e. The minimum atomic E-state index is -2.59. The molecule has 2 fully saturated rings. The van der Waals surface area contributed by atoms with Gasteiger partial charge in [0.2, 0.25) is 5.95 Å². The van der Waals surface area contributed by atoms with Crippen LogP contribution in [-0.4, -0.2) is 80.6 Å². The molecule has 0 atom stereocenters. The third-order valence-electron chi connectivity index (χ3n) is 8.78. The van der Waals surface area contributed by atoms with Gasteiger partial charge in [0, 0.05) is 81.8 Å². The van der Waals surface area contributed by atoms with E-state index in [1.54, 1.807) is 25.5 Å². The van der Waals surface area contributed by atoms with Crippen LogP contribution in [0.15, 0.2) is 42.9 Å². The molecule has 0 unspecified atom stereocenters. The highest BCUT2D eigenvalue weighted by atomic mass is 32.1. The number of carbonyl (C=O) groups excluding carboxylic acids is 1. The highest BCUT2D eigenvalue weighted by Crippen LogP contribution is 2.39. The average Bonchev–Trinajstić information content (AvgIpc) is 3.45. The van der Waals surface area contributed by atoms with Crippen molar-refractivity contribution in [3.63, 3.8) is 0 Å². The van der Waals surface area contributed by atoms with E-state index < -0.39 is 17.3 Å². The summed E-state index contributed by atoms with van der Waals surface area (Å²) in [5, 5.41) is 15.5. The Morgan fingerprint density at radius 3 is 2.33 bits per heavy atom. The standard InChI is InChI=1S/C32H36F2N8O3S/c1-3-35-29(45)40-30-39-25-15-21(22-17-37-28(38-18-22)42-12-6-31(2,7-13-42)27(43)44)14-23(26(25)46-30)24-5-4-20(16-36-24)19-41-10-8-32(33,34)9-11-41/h4-5,14-18H,3,6-13,19H2,1-2H3,(H,43,44)(H2,35,39,40,45). The molecule has 0 bridgehead atoms. The van der Waals surface area contributed by atoms with Gasteiger partial charge in [-0.3, -0.25) is 20.0 Å². The first-order valence-corrected chi connectivity index (χ1v) is 16.2. The summed E-state index contributed by atoms with van der Waals surface area (Å²) in [7, 11) is 0. The number of fused-ring (bicyclic) bond motifs is 1. The lowest BCUT2D eigenvalue weighted by molar-refractivity contribution is -0.149. The Hall–Kier alpha value is -4.30. The van der Waals surface area contributed by atoms with Gasteiger partial charge in [0.1, 0.15) is 0 Å². The molecule has 3 N–H and O–H groups in total. The Labute approximate surface area is 269 Å². The van der Waals surface area contributed by atoms with Crippen LogP contribution >= 0.6 is 11.3 Å². The number of piperidine rings is 2. The average molecular weight is 651 g/mol. The number of pyridine rings is 1. The second-order valence-corrected chi connectivity index (χ2v) is 13.2. The summed E-state index contributed by atoms with van der Waals surface area (Å²) in [5.74, 6) is -2.81. The number of carbonyl (C=O) groups is 2. The quantitative estimate of drug-likeness (QED) is 0.214. The van der Waals surface area contributed by atoms with Gasteiger partial charge in [-0.25, -0.2) is 28.5 Å². The minimum absolute atomic E-state index is 0.131. The monoisotopic (exact) mass is 650 g/mol. The zero-order valence-corrected chi connectivity index (χ0v) is 26.5. The predicted octanol–water partition coefficient (Wildman–Crippen LogP) is 5.88. The van der Waals surface area contributed by atoms with Crippen LogP contribution in [0.5, 0.6) is 0 Å². The summed E-state index contributed by atoms with van der Waals surface area (Å²) in [6.45, 7) is 6.46. The fourth-order valence-electron chi connectivity index (χ4n) is 5.77. The number of halogens is 2. The lowest BCUT2D eigenvalue weighted by Crippen LogP contribution is -2.43. The van der Waals surface area contributed by atoms with Crippen molar-refractivity contribution in [2.24, 2.45) is 5.41 Å². The molecule has 4 aromatic rings. The van der Waals surface area contributed by atoms with E-state index >= 15 is 0 Å². The van der Waals surface area contributed by atoms with Crippen molar-refractivity contribution in [1.82, 2.24) is 30.2 Å². The number of urea groups is 1. The summed E-state index contributed by atoms with van der Waals surface area (Å²) < 4.78 is 28.1. The van der Waals surface area contributed by atoms with E-state index in [9.17, 15) is 23.5 Å². The number of aliphatic carboxylic acids is 1. The molecule has 11 nitrogen and oxygen atoms in total. The molecule has 0 spiro atoms. The Balaban J connectivity index is 1.27. The van der Waals surface area contributed by atoms with E-state index in [1.165, 1.54) is 11.3 Å². The van der Waals surface area contributed by atoms with Crippen LogP contribution in [0.1, 0.15) is 45.1 Å². The van der Waals surface area contributed by atoms with Crippen molar-refractivity contribution in [1.29, 1.82) is 0 Å². The van der Waals surface area contributed by atoms with Crippen LogP contribution in [0.25, 0.3) is 32.6 Å². The molecule has 46 heavy (non-hydrogen) atoms. The lowest BCUT2D eigenvalue weighted by Gasteiger charge is -2.36. The van der Waals surface area contributed by atoms with E-state index in [-0.39, 0.29) is 18.9 Å². The number of thiazole rings is 1. The van der Waals surface area contributed by atoms with Crippen molar-refractivity contribution >= 4 is 44.6 Å². The van der Waals surface area contributed by atoms with E-state index in [0.29, 0.717) is 74.4 Å². The molecular weight excluding hydrogens is 614 g/mol. The van der Waals surface area contributed by atoms with Crippen molar-refractivity contribution in [2.45, 2.75) is 52.0 Å². The Bertz CT molecular complexity index is 1710. The number of benzene rings is 1. The van der Waals surface area contributed by atoms with Gasteiger partial charge in [-0.15, -0.1) is 0 Å². The summed E-state index contributed by atoms with van der Waals surface area (Å²) >= 11 is 1.35. The first kappa shape index (κ1) is 31.7. The SMILES string of the molecule is CCNC(=O)Nc1nc2cc(-c3cnc(N4CCC(C)(C(=O)O)CC4)nc3)cc(-c3ccc(CN4CCC(F)(F)CC4)cn3)c2s1. The molecule has 0 aliphatic carbocycles. The third kappa shape index (κ3) is 6.92. The van der Waals surface area contributed by atoms with Gasteiger partial charge in [0.25, 0.3) is 5.92 Å². The van der Waals surface area contributed by atoms with Crippen LogP contribution in [-0.2, 0) is 11.3 Å². The zero-order chi connectivity index (χ0) is 32.5. The fourth-order valence-corrected chi connectivity index (χ4v) is 6.73. The van der Waals surface area contributed by atoms with Crippen molar-refractivity contribution in [3.8, 4) is 22.4 Å². The second-order valence-electron chi connectivity index (χ2n) is 12.2. The molecule has 2 aliphatic heterocycles. The Morgan fingerprint density at radius 2 is 1.70 bits per heavy atom. The van der Waals surface area contributed by atoms with E-state index in [2.05, 4.69) is 25.6 Å². The topological polar surface area (TPSA) is 136 Å². The minimum Gasteiger partial charge on any atom is -0.481 e. The van der Waals surface area contributed by atoms with Gasteiger partial charge in [0.15, 0.2) is 5.13 Å². The maximum atomic E-state index is 13.6. The molecule has 0 radical (unpaired) electrons. The number of nitrogens with one attached hydrogen (secondary N) is 2. The lowest BCUT2D eigenvalue weighted by atomic mass is 9.80. The van der Waals surface area contributed by atoms with Gasteiger partial charge in [-0.2, -0.15) is 0 Å².